The Labute approximate surface area is 212 Å². The standard InChI is InChI=1S/C30H32N2O4/c1-3-20-17-32(18-20)14-15-35-25-11-8-22(9-12-25)29-28(21-4-6-23(7-5-21)30(31)34)19(2)26-16-24(33)10-13-27(26)36-29/h4-13,16,20,29,33H,3,14-15,17-18H2,1-2H3,(H2,31,34)/t29-/m1/s1. The molecule has 0 saturated carbocycles. The summed E-state index contributed by atoms with van der Waals surface area (Å²) < 4.78 is 12.5. The molecule has 0 radical (unpaired) electrons. The summed E-state index contributed by atoms with van der Waals surface area (Å²) in [6, 6.07) is 20.4. The summed E-state index contributed by atoms with van der Waals surface area (Å²) >= 11 is 0. The van der Waals surface area contributed by atoms with Gasteiger partial charge in [-0.25, -0.2) is 0 Å². The molecule has 5 rings (SSSR count). The predicted molar refractivity (Wildman–Crippen MR) is 141 cm³/mol. The average molecular weight is 485 g/mol. The third kappa shape index (κ3) is 4.82. The van der Waals surface area contributed by atoms with Gasteiger partial charge in [0.25, 0.3) is 0 Å². The Hall–Kier alpha value is -3.77. The Morgan fingerprint density at radius 3 is 2.47 bits per heavy atom. The van der Waals surface area contributed by atoms with Crippen molar-refractivity contribution in [2.45, 2.75) is 26.4 Å². The van der Waals surface area contributed by atoms with Crippen molar-refractivity contribution in [3.05, 3.63) is 89.0 Å². The van der Waals surface area contributed by atoms with Crippen molar-refractivity contribution in [1.29, 1.82) is 0 Å². The van der Waals surface area contributed by atoms with Crippen LogP contribution in [0.2, 0.25) is 0 Å². The molecule has 3 aromatic rings. The lowest BCUT2D eigenvalue weighted by atomic mass is 9.86. The first kappa shape index (κ1) is 23.9. The van der Waals surface area contributed by atoms with E-state index < -0.39 is 5.91 Å². The van der Waals surface area contributed by atoms with Crippen LogP contribution < -0.4 is 15.2 Å². The number of hydrogen-bond donors (Lipinski definition) is 2. The molecule has 2 aliphatic heterocycles. The number of ether oxygens (including phenoxy) is 2. The van der Waals surface area contributed by atoms with Crippen molar-refractivity contribution in [2.75, 3.05) is 26.2 Å². The monoisotopic (exact) mass is 484 g/mol. The number of aromatic hydroxyl groups is 1. The van der Waals surface area contributed by atoms with E-state index in [-0.39, 0.29) is 11.9 Å². The Morgan fingerprint density at radius 2 is 1.81 bits per heavy atom. The number of fused-ring (bicyclic) bond motifs is 1. The minimum Gasteiger partial charge on any atom is -0.508 e. The first-order chi connectivity index (χ1) is 17.4. The summed E-state index contributed by atoms with van der Waals surface area (Å²) in [5.74, 6) is 2.11. The van der Waals surface area contributed by atoms with Crippen LogP contribution in [0.25, 0.3) is 11.1 Å². The highest BCUT2D eigenvalue weighted by Gasteiger charge is 2.30. The molecule has 3 N–H and O–H groups in total. The van der Waals surface area contributed by atoms with Gasteiger partial charge in [0, 0.05) is 36.3 Å². The summed E-state index contributed by atoms with van der Waals surface area (Å²) in [5, 5.41) is 10.1. The summed E-state index contributed by atoms with van der Waals surface area (Å²) in [6.45, 7) is 8.24. The van der Waals surface area contributed by atoms with Gasteiger partial charge in [-0.3, -0.25) is 9.69 Å². The smallest absolute Gasteiger partial charge is 0.248 e. The Kier molecular flexibility index (Phi) is 6.70. The van der Waals surface area contributed by atoms with E-state index in [0.717, 1.165) is 46.0 Å². The number of carbonyl (C=O) groups is 1. The van der Waals surface area contributed by atoms with Crippen molar-refractivity contribution >= 4 is 17.1 Å². The molecule has 1 atom stereocenters. The molecular formula is C30H32N2O4. The van der Waals surface area contributed by atoms with Crippen molar-refractivity contribution < 1.29 is 19.4 Å². The van der Waals surface area contributed by atoms with E-state index >= 15 is 0 Å². The van der Waals surface area contributed by atoms with Gasteiger partial charge in [-0.15, -0.1) is 0 Å². The number of allylic oxidation sites excluding steroid dienone is 1. The molecule has 0 bridgehead atoms. The van der Waals surface area contributed by atoms with Gasteiger partial charge in [-0.1, -0.05) is 37.6 Å². The number of nitrogens with zero attached hydrogens (tertiary/aromatic N) is 1. The van der Waals surface area contributed by atoms with Gasteiger partial charge in [0.15, 0.2) is 0 Å². The molecule has 2 heterocycles. The highest BCUT2D eigenvalue weighted by molar-refractivity contribution is 5.97. The second kappa shape index (κ2) is 10.1. The van der Waals surface area contributed by atoms with Crippen LogP contribution in [0, 0.1) is 5.92 Å². The van der Waals surface area contributed by atoms with Crippen LogP contribution in [-0.2, 0) is 0 Å². The number of phenolic OH excluding ortho intramolecular Hbond substituents is 1. The second-order valence-electron chi connectivity index (χ2n) is 9.61. The molecule has 0 aliphatic carbocycles. The maximum atomic E-state index is 11.6. The van der Waals surface area contributed by atoms with E-state index in [9.17, 15) is 9.90 Å². The van der Waals surface area contributed by atoms with Crippen LogP contribution in [-0.4, -0.2) is 42.2 Å². The summed E-state index contributed by atoms with van der Waals surface area (Å²) in [4.78, 5) is 14.0. The zero-order valence-electron chi connectivity index (χ0n) is 20.7. The molecule has 0 spiro atoms. The van der Waals surface area contributed by atoms with Gasteiger partial charge in [-0.05, 0) is 72.0 Å². The van der Waals surface area contributed by atoms with Crippen molar-refractivity contribution in [2.24, 2.45) is 11.7 Å². The van der Waals surface area contributed by atoms with Crippen LogP contribution in [0.5, 0.6) is 17.2 Å². The summed E-state index contributed by atoms with van der Waals surface area (Å²) in [7, 11) is 0. The topological polar surface area (TPSA) is 85.0 Å². The Balaban J connectivity index is 1.39. The number of hydrogen-bond acceptors (Lipinski definition) is 5. The fourth-order valence-corrected chi connectivity index (χ4v) is 5.01. The van der Waals surface area contributed by atoms with Crippen LogP contribution in [0.3, 0.4) is 0 Å². The van der Waals surface area contributed by atoms with Crippen LogP contribution in [0.15, 0.2) is 66.7 Å². The largest absolute Gasteiger partial charge is 0.508 e. The maximum absolute atomic E-state index is 11.6. The van der Waals surface area contributed by atoms with E-state index in [0.29, 0.717) is 17.9 Å². The van der Waals surface area contributed by atoms with E-state index in [1.165, 1.54) is 19.5 Å². The zero-order chi connectivity index (χ0) is 25.2. The molecule has 0 aromatic heterocycles. The van der Waals surface area contributed by atoms with Crippen LogP contribution >= 0.6 is 0 Å². The minimum atomic E-state index is -0.464. The molecule has 6 nitrogen and oxygen atoms in total. The molecule has 6 heteroatoms. The minimum absolute atomic E-state index is 0.184. The molecular weight excluding hydrogens is 452 g/mol. The molecule has 1 saturated heterocycles. The highest BCUT2D eigenvalue weighted by atomic mass is 16.5. The number of rotatable bonds is 8. The van der Waals surface area contributed by atoms with Gasteiger partial charge >= 0.3 is 0 Å². The Morgan fingerprint density at radius 1 is 1.08 bits per heavy atom. The number of amides is 1. The van der Waals surface area contributed by atoms with Crippen molar-refractivity contribution in [1.82, 2.24) is 4.90 Å². The van der Waals surface area contributed by atoms with E-state index in [2.05, 4.69) is 11.8 Å². The van der Waals surface area contributed by atoms with Gasteiger partial charge < -0.3 is 20.3 Å². The summed E-state index contributed by atoms with van der Waals surface area (Å²) in [5.41, 5.74) is 10.6. The van der Waals surface area contributed by atoms with Gasteiger partial charge in [-0.2, -0.15) is 0 Å². The molecule has 3 aromatic carbocycles. The quantitative estimate of drug-likeness (QED) is 0.455. The number of primary amides is 1. The average Bonchev–Trinajstić information content (AvgIpc) is 2.86. The van der Waals surface area contributed by atoms with Gasteiger partial charge in [0.1, 0.15) is 30.0 Å². The number of nitrogens with two attached hydrogens (primary N) is 1. The summed E-state index contributed by atoms with van der Waals surface area (Å²) in [6.07, 6.45) is 0.890. The highest BCUT2D eigenvalue weighted by Crippen LogP contribution is 2.47. The number of carbonyl (C=O) groups excluding carboxylic acids is 1. The zero-order valence-corrected chi connectivity index (χ0v) is 20.7. The maximum Gasteiger partial charge on any atom is 0.248 e. The molecule has 186 valence electrons. The van der Waals surface area contributed by atoms with E-state index in [1.807, 2.05) is 43.3 Å². The van der Waals surface area contributed by atoms with Crippen LogP contribution in [0.4, 0.5) is 0 Å². The lowest BCUT2D eigenvalue weighted by Crippen LogP contribution is -2.47. The SMILES string of the molecule is CCC1CN(CCOc2ccc([C@H]3Oc4ccc(O)cc4C(C)=C3c3ccc(C(N)=O)cc3)cc2)C1. The lowest BCUT2D eigenvalue weighted by molar-refractivity contribution is 0.0806. The second-order valence-corrected chi connectivity index (χ2v) is 9.61. The predicted octanol–water partition coefficient (Wildman–Crippen LogP) is 5.28. The van der Waals surface area contributed by atoms with Crippen molar-refractivity contribution in [3.8, 4) is 17.2 Å². The van der Waals surface area contributed by atoms with Gasteiger partial charge in [0.2, 0.25) is 5.91 Å². The van der Waals surface area contributed by atoms with E-state index in [4.69, 9.17) is 15.2 Å². The number of phenols is 1. The van der Waals surface area contributed by atoms with Gasteiger partial charge in [0.05, 0.1) is 0 Å². The normalized spacial score (nSPS) is 17.8. The van der Waals surface area contributed by atoms with Crippen LogP contribution in [0.1, 0.15) is 53.4 Å². The molecule has 0 unspecified atom stereocenters. The first-order valence-electron chi connectivity index (χ1n) is 12.5. The molecule has 36 heavy (non-hydrogen) atoms. The van der Waals surface area contributed by atoms with Crippen molar-refractivity contribution in [3.63, 3.8) is 0 Å². The molecule has 1 amide bonds. The Bertz CT molecular complexity index is 1280. The number of likely N-dealkylation sites (tertiary alicyclic amines) is 1. The lowest BCUT2D eigenvalue weighted by Gasteiger charge is -2.38. The molecule has 1 fully saturated rings. The third-order valence-electron chi connectivity index (χ3n) is 7.23. The fourth-order valence-electron chi connectivity index (χ4n) is 5.01. The third-order valence-corrected chi connectivity index (χ3v) is 7.23. The number of benzene rings is 3. The molecule has 2 aliphatic rings. The fraction of sp³-hybridized carbons (Fsp3) is 0.300. The van der Waals surface area contributed by atoms with E-state index in [1.54, 1.807) is 30.3 Å². The first-order valence-corrected chi connectivity index (χ1v) is 12.5.